The summed E-state index contributed by atoms with van der Waals surface area (Å²) in [6.07, 6.45) is -4.44. The number of alkyl halides is 3. The highest BCUT2D eigenvalue weighted by Crippen LogP contribution is 2.60. The second-order valence-corrected chi connectivity index (χ2v) is 5.60. The van der Waals surface area contributed by atoms with Gasteiger partial charge in [-0.25, -0.2) is 4.79 Å². The fraction of sp³-hybridized carbons (Fsp3) is 0.533. The molecular weight excluding hydrogens is 285 g/mol. The summed E-state index contributed by atoms with van der Waals surface area (Å²) >= 11 is 0. The lowest BCUT2D eigenvalue weighted by molar-refractivity contribution is -0.148. The lowest BCUT2D eigenvalue weighted by Gasteiger charge is -2.19. The molecule has 2 atom stereocenters. The highest BCUT2D eigenvalue weighted by molar-refractivity contribution is 5.85. The highest BCUT2D eigenvalue weighted by Gasteiger charge is 2.75. The third-order valence-corrected chi connectivity index (χ3v) is 4.07. The number of esters is 1. The van der Waals surface area contributed by atoms with E-state index in [1.807, 2.05) is 0 Å². The van der Waals surface area contributed by atoms with Crippen molar-refractivity contribution in [1.82, 2.24) is 0 Å². The predicted octanol–water partition coefficient (Wildman–Crippen LogP) is 3.52. The van der Waals surface area contributed by atoms with Crippen LogP contribution in [0.25, 0.3) is 0 Å². The summed E-state index contributed by atoms with van der Waals surface area (Å²) in [5.41, 5.74) is -2.81. The Labute approximate surface area is 121 Å². The van der Waals surface area contributed by atoms with Crippen molar-refractivity contribution >= 4 is 5.97 Å². The van der Waals surface area contributed by atoms with Gasteiger partial charge < -0.3 is 9.47 Å². The monoisotopic (exact) mass is 302 g/mol. The van der Waals surface area contributed by atoms with Crippen molar-refractivity contribution in [2.45, 2.75) is 38.1 Å². The zero-order valence-electron chi connectivity index (χ0n) is 12.2. The van der Waals surface area contributed by atoms with Gasteiger partial charge in [0.25, 0.3) is 0 Å². The Morgan fingerprint density at radius 3 is 2.43 bits per heavy atom. The van der Waals surface area contributed by atoms with E-state index in [0.717, 1.165) is 12.1 Å². The van der Waals surface area contributed by atoms with E-state index >= 15 is 0 Å². The summed E-state index contributed by atoms with van der Waals surface area (Å²) in [6, 6.07) is 4.85. The second-order valence-electron chi connectivity index (χ2n) is 5.60. The molecule has 0 amide bonds. The Bertz CT molecular complexity index is 568. The van der Waals surface area contributed by atoms with E-state index in [1.54, 1.807) is 20.8 Å². The molecule has 1 aliphatic heterocycles. The number of hydrogen-bond donors (Lipinski definition) is 0. The molecule has 0 N–H and O–H groups in total. The predicted molar refractivity (Wildman–Crippen MR) is 69.5 cm³/mol. The lowest BCUT2D eigenvalue weighted by Crippen LogP contribution is -2.37. The maximum atomic E-state index is 12.8. The maximum absolute atomic E-state index is 12.8. The first kappa shape index (κ1) is 15.8. The molecule has 2 unspecified atom stereocenters. The number of rotatable bonds is 3. The zero-order chi connectivity index (χ0) is 16.1. The molecule has 1 aliphatic rings. The van der Waals surface area contributed by atoms with Gasteiger partial charge >= 0.3 is 12.1 Å². The summed E-state index contributed by atoms with van der Waals surface area (Å²) in [4.78, 5) is 12.0. The molecule has 21 heavy (non-hydrogen) atoms. The van der Waals surface area contributed by atoms with Crippen molar-refractivity contribution in [2.24, 2.45) is 5.92 Å². The van der Waals surface area contributed by atoms with E-state index in [2.05, 4.69) is 0 Å². The van der Waals surface area contributed by atoms with Gasteiger partial charge in [-0.3, -0.25) is 0 Å². The van der Waals surface area contributed by atoms with Crippen LogP contribution in [0.1, 0.15) is 31.9 Å². The Balaban J connectivity index is 2.46. The molecular formula is C15H17F3O3. The largest absolute Gasteiger partial charge is 0.467 e. The van der Waals surface area contributed by atoms with Gasteiger partial charge in [0.15, 0.2) is 0 Å². The van der Waals surface area contributed by atoms with Crippen molar-refractivity contribution in [3.63, 3.8) is 0 Å². The lowest BCUT2D eigenvalue weighted by atomic mass is 9.80. The SMILES string of the molecule is COC(=O)C1(C(C)C)OC1(C)c1cccc(C(F)(F)F)c1. The smallest absolute Gasteiger partial charge is 0.416 e. The highest BCUT2D eigenvalue weighted by atomic mass is 19.4. The van der Waals surface area contributed by atoms with Crippen LogP contribution in [0, 0.1) is 5.92 Å². The molecule has 0 radical (unpaired) electrons. The van der Waals surface area contributed by atoms with Crippen LogP contribution in [0.3, 0.4) is 0 Å². The van der Waals surface area contributed by atoms with Gasteiger partial charge in [-0.1, -0.05) is 26.0 Å². The Hall–Kier alpha value is -1.56. The van der Waals surface area contributed by atoms with Gasteiger partial charge in [0.1, 0.15) is 5.60 Å². The summed E-state index contributed by atoms with van der Waals surface area (Å²) < 4.78 is 48.8. The minimum atomic E-state index is -4.44. The van der Waals surface area contributed by atoms with Crippen LogP contribution in [0.15, 0.2) is 24.3 Å². The van der Waals surface area contributed by atoms with E-state index in [4.69, 9.17) is 9.47 Å². The Morgan fingerprint density at radius 1 is 1.33 bits per heavy atom. The van der Waals surface area contributed by atoms with Gasteiger partial charge in [-0.2, -0.15) is 13.2 Å². The molecule has 1 heterocycles. The van der Waals surface area contributed by atoms with Gasteiger partial charge in [-0.05, 0) is 30.5 Å². The van der Waals surface area contributed by atoms with E-state index in [9.17, 15) is 18.0 Å². The Kier molecular flexibility index (Phi) is 3.56. The number of epoxide rings is 1. The normalized spacial score (nSPS) is 28.6. The number of benzene rings is 1. The first-order valence-corrected chi connectivity index (χ1v) is 6.56. The molecule has 0 aliphatic carbocycles. The van der Waals surface area contributed by atoms with Crippen LogP contribution in [0.4, 0.5) is 13.2 Å². The molecule has 0 spiro atoms. The van der Waals surface area contributed by atoms with Crippen molar-refractivity contribution < 1.29 is 27.4 Å². The molecule has 1 saturated heterocycles. The van der Waals surface area contributed by atoms with Crippen LogP contribution in [-0.2, 0) is 26.0 Å². The van der Waals surface area contributed by atoms with E-state index < -0.39 is 28.9 Å². The van der Waals surface area contributed by atoms with Crippen LogP contribution < -0.4 is 0 Å². The third kappa shape index (κ3) is 2.21. The number of hydrogen-bond acceptors (Lipinski definition) is 3. The quantitative estimate of drug-likeness (QED) is 0.633. The first-order valence-electron chi connectivity index (χ1n) is 6.56. The molecule has 3 nitrogen and oxygen atoms in total. The number of halogens is 3. The van der Waals surface area contributed by atoms with Crippen molar-refractivity contribution in [1.29, 1.82) is 0 Å². The molecule has 0 aromatic heterocycles. The molecule has 2 rings (SSSR count). The number of carbonyl (C=O) groups excluding carboxylic acids is 1. The van der Waals surface area contributed by atoms with Crippen molar-refractivity contribution in [3.05, 3.63) is 35.4 Å². The molecule has 0 saturated carbocycles. The molecule has 1 aromatic carbocycles. The second kappa shape index (κ2) is 4.73. The van der Waals surface area contributed by atoms with Gasteiger partial charge in [0, 0.05) is 0 Å². The van der Waals surface area contributed by atoms with E-state index in [0.29, 0.717) is 5.56 Å². The fourth-order valence-corrected chi connectivity index (χ4v) is 2.85. The summed E-state index contributed by atoms with van der Waals surface area (Å²) in [5.74, 6) is -0.804. The van der Waals surface area contributed by atoms with Crippen LogP contribution >= 0.6 is 0 Å². The zero-order valence-corrected chi connectivity index (χ0v) is 12.2. The molecule has 0 bridgehead atoms. The molecule has 6 heteroatoms. The molecule has 1 aromatic rings. The minimum Gasteiger partial charge on any atom is -0.467 e. The number of carbonyl (C=O) groups is 1. The third-order valence-electron chi connectivity index (χ3n) is 4.07. The average molecular weight is 302 g/mol. The maximum Gasteiger partial charge on any atom is 0.416 e. The minimum absolute atomic E-state index is 0.232. The molecule has 1 fully saturated rings. The van der Waals surface area contributed by atoms with Crippen molar-refractivity contribution in [3.8, 4) is 0 Å². The fourth-order valence-electron chi connectivity index (χ4n) is 2.85. The van der Waals surface area contributed by atoms with Crippen LogP contribution in [0.2, 0.25) is 0 Å². The molecule has 116 valence electrons. The van der Waals surface area contributed by atoms with Crippen LogP contribution in [0.5, 0.6) is 0 Å². The van der Waals surface area contributed by atoms with Crippen molar-refractivity contribution in [2.75, 3.05) is 7.11 Å². The van der Waals surface area contributed by atoms with Crippen LogP contribution in [-0.4, -0.2) is 18.7 Å². The van der Waals surface area contributed by atoms with E-state index in [-0.39, 0.29) is 5.92 Å². The Morgan fingerprint density at radius 2 is 1.95 bits per heavy atom. The van der Waals surface area contributed by atoms with Gasteiger partial charge in [-0.15, -0.1) is 0 Å². The number of methoxy groups -OCH3 is 1. The van der Waals surface area contributed by atoms with Gasteiger partial charge in [0.2, 0.25) is 5.60 Å². The summed E-state index contributed by atoms with van der Waals surface area (Å²) in [5, 5.41) is 0. The summed E-state index contributed by atoms with van der Waals surface area (Å²) in [7, 11) is 1.24. The topological polar surface area (TPSA) is 38.8 Å². The standard InChI is InChI=1S/C15H17F3O3/c1-9(2)14(12(19)20-4)13(3,21-14)10-6-5-7-11(8-10)15(16,17)18/h5-9H,1-4H3. The number of ether oxygens (including phenoxy) is 2. The van der Waals surface area contributed by atoms with Gasteiger partial charge in [0.05, 0.1) is 12.7 Å². The van der Waals surface area contributed by atoms with E-state index in [1.165, 1.54) is 19.2 Å². The first-order chi connectivity index (χ1) is 9.59. The summed E-state index contributed by atoms with van der Waals surface area (Å²) in [6.45, 7) is 5.16. The average Bonchev–Trinajstić information content (AvgIpc) is 3.07.